The van der Waals surface area contributed by atoms with E-state index in [1.165, 1.54) is 7.11 Å². The van der Waals surface area contributed by atoms with Crippen LogP contribution in [0, 0.1) is 13.5 Å². The second kappa shape index (κ2) is 5.04. The van der Waals surface area contributed by atoms with Crippen molar-refractivity contribution in [3.05, 3.63) is 46.7 Å². The van der Waals surface area contributed by atoms with E-state index < -0.39 is 0 Å². The van der Waals surface area contributed by atoms with Gasteiger partial charge in [-0.1, -0.05) is 6.07 Å². The van der Waals surface area contributed by atoms with Gasteiger partial charge in [0.05, 0.1) is 24.6 Å². The van der Waals surface area contributed by atoms with E-state index in [1.54, 1.807) is 23.0 Å². The highest BCUT2D eigenvalue weighted by Crippen LogP contribution is 2.31. The molecule has 3 aromatic rings. The van der Waals surface area contributed by atoms with E-state index in [0.29, 0.717) is 17.4 Å². The standard InChI is InChI=1S/C14H10ClN5O/c1-8-7-17-14(15)18-12(8)20-11-5-4-9(16-2)6-10(11)13(19-20)21-3/h4-7H,1,3H3. The minimum Gasteiger partial charge on any atom is -0.480 e. The molecule has 0 amide bonds. The summed E-state index contributed by atoms with van der Waals surface area (Å²) >= 11 is 5.87. The molecule has 2 heterocycles. The molecule has 0 aliphatic heterocycles. The summed E-state index contributed by atoms with van der Waals surface area (Å²) in [5.41, 5.74) is 2.15. The van der Waals surface area contributed by atoms with E-state index in [0.717, 1.165) is 16.5 Å². The fraction of sp³-hybridized carbons (Fsp3) is 0.143. The van der Waals surface area contributed by atoms with Gasteiger partial charge in [-0.25, -0.2) is 14.5 Å². The number of halogens is 1. The number of hydrogen-bond donors (Lipinski definition) is 0. The molecule has 2 aromatic heterocycles. The zero-order chi connectivity index (χ0) is 15.0. The van der Waals surface area contributed by atoms with Gasteiger partial charge in [-0.3, -0.25) is 0 Å². The monoisotopic (exact) mass is 299 g/mol. The topological polar surface area (TPSA) is 57.2 Å². The molecule has 3 rings (SSSR count). The van der Waals surface area contributed by atoms with Crippen LogP contribution >= 0.6 is 11.6 Å². The lowest BCUT2D eigenvalue weighted by Gasteiger charge is -2.05. The van der Waals surface area contributed by atoms with Crippen LogP contribution in [0.1, 0.15) is 5.56 Å². The largest absolute Gasteiger partial charge is 0.480 e. The third kappa shape index (κ3) is 2.18. The summed E-state index contributed by atoms with van der Waals surface area (Å²) in [6.45, 7) is 8.97. The lowest BCUT2D eigenvalue weighted by Crippen LogP contribution is -2.03. The number of ether oxygens (including phenoxy) is 1. The molecule has 7 heteroatoms. The van der Waals surface area contributed by atoms with Crippen LogP contribution in [0.25, 0.3) is 21.6 Å². The van der Waals surface area contributed by atoms with Crippen molar-refractivity contribution in [2.75, 3.05) is 7.11 Å². The summed E-state index contributed by atoms with van der Waals surface area (Å²) < 4.78 is 6.93. The fourth-order valence-electron chi connectivity index (χ4n) is 2.09. The Morgan fingerprint density at radius 2 is 2.19 bits per heavy atom. The molecule has 0 bridgehead atoms. The molecule has 0 spiro atoms. The van der Waals surface area contributed by atoms with Crippen molar-refractivity contribution in [1.82, 2.24) is 19.7 Å². The Balaban J connectivity index is 2.33. The van der Waals surface area contributed by atoms with Crippen molar-refractivity contribution >= 4 is 28.2 Å². The Morgan fingerprint density at radius 3 is 2.90 bits per heavy atom. The van der Waals surface area contributed by atoms with Crippen molar-refractivity contribution in [3.8, 4) is 11.7 Å². The number of nitrogens with zero attached hydrogens (tertiary/aromatic N) is 5. The summed E-state index contributed by atoms with van der Waals surface area (Å²) in [5.74, 6) is 1.02. The maximum atomic E-state index is 7.10. The Morgan fingerprint density at radius 1 is 1.38 bits per heavy atom. The van der Waals surface area contributed by atoms with Gasteiger partial charge in [-0.15, -0.1) is 5.10 Å². The number of hydrogen-bond acceptors (Lipinski definition) is 4. The van der Waals surface area contributed by atoms with E-state index in [9.17, 15) is 0 Å². The zero-order valence-corrected chi connectivity index (χ0v) is 12.1. The van der Waals surface area contributed by atoms with Crippen LogP contribution in [0.4, 0.5) is 5.69 Å². The molecule has 0 N–H and O–H groups in total. The number of methoxy groups -OCH3 is 1. The van der Waals surface area contributed by atoms with Gasteiger partial charge in [-0.05, 0) is 30.7 Å². The van der Waals surface area contributed by atoms with Gasteiger partial charge in [0.25, 0.3) is 0 Å². The van der Waals surface area contributed by atoms with Crippen molar-refractivity contribution in [3.63, 3.8) is 0 Å². The van der Waals surface area contributed by atoms with Gasteiger partial charge in [0.1, 0.15) is 0 Å². The Hall–Kier alpha value is -2.65. The third-order valence-corrected chi connectivity index (χ3v) is 3.25. The molecule has 0 saturated heterocycles. The van der Waals surface area contributed by atoms with E-state index in [2.05, 4.69) is 19.9 Å². The fourth-order valence-corrected chi connectivity index (χ4v) is 2.22. The van der Waals surface area contributed by atoms with Gasteiger partial charge in [0.15, 0.2) is 11.5 Å². The normalized spacial score (nSPS) is 10.6. The number of aryl methyl sites for hydroxylation is 1. The van der Waals surface area contributed by atoms with Crippen LogP contribution in [0.5, 0.6) is 5.88 Å². The molecule has 0 aliphatic carbocycles. The van der Waals surface area contributed by atoms with Gasteiger partial charge >= 0.3 is 0 Å². The van der Waals surface area contributed by atoms with Gasteiger partial charge in [0.2, 0.25) is 11.2 Å². The quantitative estimate of drug-likeness (QED) is 0.538. The first kappa shape index (κ1) is 13.3. The number of fused-ring (bicyclic) bond motifs is 1. The van der Waals surface area contributed by atoms with Crippen LogP contribution in [0.3, 0.4) is 0 Å². The summed E-state index contributed by atoms with van der Waals surface area (Å²) in [7, 11) is 1.54. The molecule has 0 fully saturated rings. The minimum absolute atomic E-state index is 0.149. The second-order valence-corrected chi connectivity index (χ2v) is 4.72. The Bertz CT molecular complexity index is 881. The van der Waals surface area contributed by atoms with E-state index in [-0.39, 0.29) is 5.28 Å². The van der Waals surface area contributed by atoms with Crippen molar-refractivity contribution in [1.29, 1.82) is 0 Å². The summed E-state index contributed by atoms with van der Waals surface area (Å²) in [6.07, 6.45) is 1.64. The van der Waals surface area contributed by atoms with E-state index in [1.807, 2.05) is 13.0 Å². The maximum Gasteiger partial charge on any atom is 0.239 e. The summed E-state index contributed by atoms with van der Waals surface area (Å²) in [5, 5.41) is 5.30. The lowest BCUT2D eigenvalue weighted by molar-refractivity contribution is 0.398. The molecule has 21 heavy (non-hydrogen) atoms. The van der Waals surface area contributed by atoms with Crippen molar-refractivity contribution < 1.29 is 4.74 Å². The molecular weight excluding hydrogens is 290 g/mol. The minimum atomic E-state index is 0.149. The van der Waals surface area contributed by atoms with Crippen LogP contribution in [-0.4, -0.2) is 26.9 Å². The third-order valence-electron chi connectivity index (χ3n) is 3.07. The molecule has 0 saturated carbocycles. The summed E-state index contributed by atoms with van der Waals surface area (Å²) in [4.78, 5) is 11.6. The average molecular weight is 300 g/mol. The first-order valence-electron chi connectivity index (χ1n) is 6.08. The SMILES string of the molecule is [C-]#[N+]c1ccc2c(c1)c(OC)nn2-c1nc(Cl)ncc1C. The number of aromatic nitrogens is 4. The molecule has 0 aliphatic rings. The predicted molar refractivity (Wildman–Crippen MR) is 79.2 cm³/mol. The molecule has 0 radical (unpaired) electrons. The molecular formula is C14H10ClN5O. The van der Waals surface area contributed by atoms with Crippen LogP contribution in [0.2, 0.25) is 5.28 Å². The highest BCUT2D eigenvalue weighted by molar-refractivity contribution is 6.28. The Kier molecular flexibility index (Phi) is 3.20. The summed E-state index contributed by atoms with van der Waals surface area (Å²) in [6, 6.07) is 5.28. The van der Waals surface area contributed by atoms with Crippen LogP contribution in [0.15, 0.2) is 24.4 Å². The molecule has 6 nitrogen and oxygen atoms in total. The highest BCUT2D eigenvalue weighted by atomic mass is 35.5. The van der Waals surface area contributed by atoms with Gasteiger partial charge in [0, 0.05) is 11.8 Å². The smallest absolute Gasteiger partial charge is 0.239 e. The van der Waals surface area contributed by atoms with Gasteiger partial charge < -0.3 is 4.74 Å². The molecule has 0 atom stereocenters. The van der Waals surface area contributed by atoms with Crippen LogP contribution in [-0.2, 0) is 0 Å². The van der Waals surface area contributed by atoms with Crippen molar-refractivity contribution in [2.45, 2.75) is 6.92 Å². The van der Waals surface area contributed by atoms with Crippen LogP contribution < -0.4 is 4.74 Å². The van der Waals surface area contributed by atoms with E-state index >= 15 is 0 Å². The molecule has 0 unspecified atom stereocenters. The first-order valence-corrected chi connectivity index (χ1v) is 6.45. The Labute approximate surface area is 125 Å². The molecule has 104 valence electrons. The van der Waals surface area contributed by atoms with Gasteiger partial charge in [-0.2, -0.15) is 4.98 Å². The second-order valence-electron chi connectivity index (χ2n) is 4.38. The van der Waals surface area contributed by atoms with E-state index in [4.69, 9.17) is 22.9 Å². The highest BCUT2D eigenvalue weighted by Gasteiger charge is 2.15. The van der Waals surface area contributed by atoms with Crippen molar-refractivity contribution in [2.24, 2.45) is 0 Å². The lowest BCUT2D eigenvalue weighted by atomic mass is 10.2. The average Bonchev–Trinajstić information content (AvgIpc) is 2.87. The number of rotatable bonds is 2. The maximum absolute atomic E-state index is 7.10. The first-order chi connectivity index (χ1) is 10.1. The molecule has 1 aromatic carbocycles. The number of benzene rings is 1. The zero-order valence-electron chi connectivity index (χ0n) is 11.3. The predicted octanol–water partition coefficient (Wildman–Crippen LogP) is 3.34.